The van der Waals surface area contributed by atoms with Gasteiger partial charge in [0, 0.05) is 22.8 Å². The summed E-state index contributed by atoms with van der Waals surface area (Å²) in [5, 5.41) is 3.23. The molecule has 98 valence electrons. The lowest BCUT2D eigenvalue weighted by Gasteiger charge is -2.09. The Labute approximate surface area is 123 Å². The fraction of sp³-hybridized carbons (Fsp3) is 0. The summed E-state index contributed by atoms with van der Waals surface area (Å²) in [5.41, 5.74) is 0.324. The molecule has 0 aliphatic rings. The second-order valence-corrected chi connectivity index (χ2v) is 4.82. The van der Waals surface area contributed by atoms with Gasteiger partial charge in [0.25, 0.3) is 5.91 Å². The number of carbonyl (C=O) groups excluding carboxylic acids is 1. The number of nitrogens with one attached hydrogen (secondary N) is 1. The molecule has 1 N–H and O–H groups in total. The predicted molar refractivity (Wildman–Crippen MR) is 73.6 cm³/mol. The Morgan fingerprint density at radius 3 is 2.37 bits per heavy atom. The van der Waals surface area contributed by atoms with Gasteiger partial charge < -0.3 is 5.32 Å². The summed E-state index contributed by atoms with van der Waals surface area (Å²) in [5.74, 6) is -1.30. The minimum Gasteiger partial charge on any atom is -0.319 e. The minimum atomic E-state index is -0.749. The number of hydrogen-bond donors (Lipinski definition) is 1. The van der Waals surface area contributed by atoms with Gasteiger partial charge in [-0.3, -0.25) is 4.79 Å². The van der Waals surface area contributed by atoms with Gasteiger partial charge in [-0.1, -0.05) is 34.8 Å². The highest BCUT2D eigenvalue weighted by molar-refractivity contribution is 6.42. The molecule has 1 heterocycles. The maximum atomic E-state index is 12.9. The molecule has 2 rings (SSSR count). The van der Waals surface area contributed by atoms with Crippen molar-refractivity contribution in [3.05, 3.63) is 57.0 Å². The average Bonchev–Trinajstić information content (AvgIpc) is 2.33. The molecule has 0 aliphatic heterocycles. The van der Waals surface area contributed by atoms with Gasteiger partial charge in [-0.2, -0.15) is 4.39 Å². The number of rotatable bonds is 2. The van der Waals surface area contributed by atoms with E-state index < -0.39 is 11.9 Å². The van der Waals surface area contributed by atoms with Gasteiger partial charge in [-0.15, -0.1) is 0 Å². The molecule has 1 aromatic heterocycles. The maximum Gasteiger partial charge on any atom is 0.255 e. The molecule has 3 nitrogen and oxygen atoms in total. The second kappa shape index (κ2) is 5.74. The monoisotopic (exact) mass is 318 g/mol. The lowest BCUT2D eigenvalue weighted by Crippen LogP contribution is -2.13. The van der Waals surface area contributed by atoms with Crippen LogP contribution in [0.15, 0.2) is 30.5 Å². The van der Waals surface area contributed by atoms with E-state index in [2.05, 4.69) is 10.3 Å². The Hall–Kier alpha value is -1.36. The molecule has 0 saturated carbocycles. The van der Waals surface area contributed by atoms with E-state index in [4.69, 9.17) is 34.8 Å². The largest absolute Gasteiger partial charge is 0.319 e. The van der Waals surface area contributed by atoms with E-state index in [1.54, 1.807) is 0 Å². The molecule has 0 atom stereocenters. The van der Waals surface area contributed by atoms with Crippen LogP contribution >= 0.6 is 34.8 Å². The smallest absolute Gasteiger partial charge is 0.255 e. The van der Waals surface area contributed by atoms with Crippen LogP contribution in [0.5, 0.6) is 0 Å². The molecule has 0 unspecified atom stereocenters. The summed E-state index contributed by atoms with van der Waals surface area (Å²) in [4.78, 5) is 15.3. The summed E-state index contributed by atoms with van der Waals surface area (Å²) in [6.45, 7) is 0. The zero-order chi connectivity index (χ0) is 14.0. The highest BCUT2D eigenvalue weighted by atomic mass is 35.5. The van der Waals surface area contributed by atoms with Crippen LogP contribution in [0.4, 0.5) is 10.1 Å². The minimum absolute atomic E-state index is 0.106. The topological polar surface area (TPSA) is 42.0 Å². The summed E-state index contributed by atoms with van der Waals surface area (Å²) < 4.78 is 12.9. The van der Waals surface area contributed by atoms with Crippen molar-refractivity contribution < 1.29 is 9.18 Å². The molecular weight excluding hydrogens is 314 g/mol. The van der Waals surface area contributed by atoms with E-state index in [9.17, 15) is 9.18 Å². The molecule has 0 fully saturated rings. The van der Waals surface area contributed by atoms with Gasteiger partial charge in [0.2, 0.25) is 5.95 Å². The van der Waals surface area contributed by atoms with Crippen LogP contribution in [0.25, 0.3) is 0 Å². The van der Waals surface area contributed by atoms with Crippen LogP contribution in [0.3, 0.4) is 0 Å². The third-order valence-electron chi connectivity index (χ3n) is 2.23. The third-order valence-corrected chi connectivity index (χ3v) is 3.05. The Balaban J connectivity index is 2.29. The van der Waals surface area contributed by atoms with E-state index in [1.807, 2.05) is 0 Å². The van der Waals surface area contributed by atoms with Gasteiger partial charge in [0.1, 0.15) is 0 Å². The fourth-order valence-corrected chi connectivity index (χ4v) is 2.30. The van der Waals surface area contributed by atoms with Gasteiger partial charge in [0.15, 0.2) is 0 Å². The zero-order valence-electron chi connectivity index (χ0n) is 9.25. The number of hydrogen-bond acceptors (Lipinski definition) is 2. The molecule has 0 saturated heterocycles. The van der Waals surface area contributed by atoms with Gasteiger partial charge in [-0.25, -0.2) is 4.98 Å². The van der Waals surface area contributed by atoms with Crippen molar-refractivity contribution >= 4 is 46.4 Å². The fourth-order valence-electron chi connectivity index (χ4n) is 1.39. The molecule has 7 heteroatoms. The normalized spacial score (nSPS) is 10.3. The molecule has 1 amide bonds. The highest BCUT2D eigenvalue weighted by Crippen LogP contribution is 2.33. The molecule has 0 bridgehead atoms. The second-order valence-electron chi connectivity index (χ2n) is 3.57. The van der Waals surface area contributed by atoms with Crippen molar-refractivity contribution in [2.75, 3.05) is 5.32 Å². The summed E-state index contributed by atoms with van der Waals surface area (Å²) in [7, 11) is 0. The summed E-state index contributed by atoms with van der Waals surface area (Å²) in [6, 6.07) is 5.26. The number of amides is 1. The van der Waals surface area contributed by atoms with Gasteiger partial charge in [-0.05, 0) is 18.2 Å². The first-order valence-corrected chi connectivity index (χ1v) is 6.18. The molecule has 2 aromatic rings. The Morgan fingerprint density at radius 1 is 1.16 bits per heavy atom. The van der Waals surface area contributed by atoms with Crippen LogP contribution in [0, 0.1) is 5.95 Å². The zero-order valence-corrected chi connectivity index (χ0v) is 11.5. The summed E-state index contributed by atoms with van der Waals surface area (Å²) >= 11 is 17.6. The first-order valence-electron chi connectivity index (χ1n) is 5.05. The maximum absolute atomic E-state index is 12.9. The first-order chi connectivity index (χ1) is 8.97. The van der Waals surface area contributed by atoms with Crippen molar-refractivity contribution in [2.24, 2.45) is 0 Å². The SMILES string of the molecule is O=C(Nc1c(Cl)cc(Cl)cc1Cl)c1ccnc(F)c1. The van der Waals surface area contributed by atoms with Crippen LogP contribution in [0.2, 0.25) is 15.1 Å². The van der Waals surface area contributed by atoms with Crippen LogP contribution in [0.1, 0.15) is 10.4 Å². The van der Waals surface area contributed by atoms with Crippen LogP contribution < -0.4 is 5.32 Å². The van der Waals surface area contributed by atoms with E-state index in [-0.39, 0.29) is 21.3 Å². The number of aromatic nitrogens is 1. The van der Waals surface area contributed by atoms with Crippen molar-refractivity contribution in [1.29, 1.82) is 0 Å². The van der Waals surface area contributed by atoms with Crippen LogP contribution in [-0.2, 0) is 0 Å². The van der Waals surface area contributed by atoms with Crippen molar-refractivity contribution in [1.82, 2.24) is 4.98 Å². The first kappa shape index (κ1) is 14.1. The predicted octanol–water partition coefficient (Wildman–Crippen LogP) is 4.43. The standard InChI is InChI=1S/C12H6Cl3FN2O/c13-7-4-8(14)11(9(15)5-7)18-12(19)6-1-2-17-10(16)3-6/h1-5H,(H,18,19). The number of anilines is 1. The van der Waals surface area contributed by atoms with Crippen molar-refractivity contribution in [3.63, 3.8) is 0 Å². The highest BCUT2D eigenvalue weighted by Gasteiger charge is 2.13. The Morgan fingerprint density at radius 2 is 1.79 bits per heavy atom. The van der Waals surface area contributed by atoms with Crippen LogP contribution in [-0.4, -0.2) is 10.9 Å². The third kappa shape index (κ3) is 3.35. The van der Waals surface area contributed by atoms with Crippen molar-refractivity contribution in [2.45, 2.75) is 0 Å². The summed E-state index contributed by atoms with van der Waals surface area (Å²) in [6.07, 6.45) is 1.19. The number of pyridine rings is 1. The quantitative estimate of drug-likeness (QED) is 0.832. The van der Waals surface area contributed by atoms with Gasteiger partial charge in [0.05, 0.1) is 15.7 Å². The number of benzene rings is 1. The molecule has 0 radical (unpaired) electrons. The molecule has 0 aliphatic carbocycles. The van der Waals surface area contributed by atoms with E-state index >= 15 is 0 Å². The van der Waals surface area contributed by atoms with Gasteiger partial charge >= 0.3 is 0 Å². The molecule has 0 spiro atoms. The number of nitrogens with zero attached hydrogens (tertiary/aromatic N) is 1. The Kier molecular flexibility index (Phi) is 4.24. The molecular formula is C12H6Cl3FN2O. The van der Waals surface area contributed by atoms with E-state index in [1.165, 1.54) is 24.4 Å². The Bertz CT molecular complexity index is 626. The van der Waals surface area contributed by atoms with E-state index in [0.717, 1.165) is 6.07 Å². The molecule has 19 heavy (non-hydrogen) atoms. The number of carbonyl (C=O) groups is 1. The lowest BCUT2D eigenvalue weighted by atomic mass is 10.2. The average molecular weight is 320 g/mol. The van der Waals surface area contributed by atoms with E-state index in [0.29, 0.717) is 5.02 Å². The lowest BCUT2D eigenvalue weighted by molar-refractivity contribution is 0.102. The van der Waals surface area contributed by atoms with Crippen molar-refractivity contribution in [3.8, 4) is 0 Å². The molecule has 1 aromatic carbocycles. The number of halogens is 4.